The minimum Gasteiger partial charge on any atom is -0.546 e. The number of carbonyl (C=O) groups is 1. The van der Waals surface area contributed by atoms with Gasteiger partial charge in [-0.1, -0.05) is 23.2 Å². The normalized spacial score (nSPS) is 11.4. The Labute approximate surface area is 97.3 Å². The summed E-state index contributed by atoms with van der Waals surface area (Å²) in [5, 5.41) is 11.1. The van der Waals surface area contributed by atoms with Crippen molar-refractivity contribution in [2.45, 2.75) is 13.0 Å². The second kappa shape index (κ2) is 5.80. The van der Waals surface area contributed by atoms with Crippen LogP contribution in [0.4, 0.5) is 0 Å². The smallest absolute Gasteiger partial charge is 0.138 e. The summed E-state index contributed by atoms with van der Waals surface area (Å²) in [6.07, 6.45) is -1.05. The number of hydrogen-bond donors (Lipinski definition) is 1. The highest BCUT2D eigenvalue weighted by Gasteiger charge is 2.08. The Morgan fingerprint density at radius 1 is 1.47 bits per heavy atom. The first-order valence-electron chi connectivity index (χ1n) is 3.83. The number of aliphatic carboxylic acids is 1. The van der Waals surface area contributed by atoms with Crippen LogP contribution < -0.4 is 16.0 Å². The number of quaternary nitrogens is 1. The number of carboxylic acid groups (broad SMARTS) is 1. The van der Waals surface area contributed by atoms with Gasteiger partial charge in [0.1, 0.15) is 11.9 Å². The molecule has 0 heterocycles. The summed E-state index contributed by atoms with van der Waals surface area (Å²) in [6.45, 7) is 1.36. The molecule has 6 heteroatoms. The van der Waals surface area contributed by atoms with Crippen molar-refractivity contribution in [3.8, 4) is 5.75 Å². The van der Waals surface area contributed by atoms with E-state index in [-0.39, 0.29) is 16.9 Å². The van der Waals surface area contributed by atoms with Crippen LogP contribution in [0.2, 0.25) is 10.0 Å². The van der Waals surface area contributed by atoms with Gasteiger partial charge in [0.25, 0.3) is 0 Å². The van der Waals surface area contributed by atoms with Gasteiger partial charge in [-0.3, -0.25) is 0 Å². The standard InChI is InChI=1S/C9H8Cl2O3.H3N/c1-5(9(12)13)14-8-3-2-6(10)4-7(8)11;/h2-5H,1H3,(H,12,13);1H3/t5-;/m1./s1. The number of ether oxygens (including phenoxy) is 1. The molecule has 1 aromatic carbocycles. The van der Waals surface area contributed by atoms with Crippen molar-refractivity contribution in [2.24, 2.45) is 0 Å². The summed E-state index contributed by atoms with van der Waals surface area (Å²) < 4.78 is 5.01. The van der Waals surface area contributed by atoms with Crippen molar-refractivity contribution in [3.05, 3.63) is 28.2 Å². The average Bonchev–Trinajstić information content (AvgIpc) is 2.09. The van der Waals surface area contributed by atoms with E-state index in [9.17, 15) is 9.90 Å². The lowest BCUT2D eigenvalue weighted by Crippen LogP contribution is -2.37. The Morgan fingerprint density at radius 2 is 2.07 bits per heavy atom. The molecule has 0 saturated carbocycles. The Kier molecular flexibility index (Phi) is 5.43. The largest absolute Gasteiger partial charge is 0.546 e. The van der Waals surface area contributed by atoms with Crippen molar-refractivity contribution in [2.75, 3.05) is 0 Å². The van der Waals surface area contributed by atoms with Crippen LogP contribution >= 0.6 is 23.2 Å². The Balaban J connectivity index is 0.00000196. The number of carbonyl (C=O) groups excluding carboxylic acids is 1. The number of carboxylic acids is 1. The van der Waals surface area contributed by atoms with E-state index in [2.05, 4.69) is 0 Å². The molecule has 0 aliphatic carbocycles. The van der Waals surface area contributed by atoms with E-state index < -0.39 is 12.1 Å². The second-order valence-corrected chi connectivity index (χ2v) is 3.50. The molecule has 0 aliphatic heterocycles. The third-order valence-corrected chi connectivity index (χ3v) is 2.06. The maximum atomic E-state index is 10.4. The lowest BCUT2D eigenvalue weighted by Gasteiger charge is -2.16. The molecular weight excluding hydrogens is 241 g/mol. The van der Waals surface area contributed by atoms with E-state index >= 15 is 0 Å². The summed E-state index contributed by atoms with van der Waals surface area (Å²) in [4.78, 5) is 10.4. The first-order valence-corrected chi connectivity index (χ1v) is 4.59. The molecule has 0 aliphatic rings. The predicted octanol–water partition coefficient (Wildman–Crippen LogP) is 1.89. The van der Waals surface area contributed by atoms with Gasteiger partial charge >= 0.3 is 0 Å². The van der Waals surface area contributed by atoms with Crippen LogP contribution in [0.1, 0.15) is 6.92 Å². The van der Waals surface area contributed by atoms with Crippen molar-refractivity contribution in [1.29, 1.82) is 0 Å². The SMILES string of the molecule is C[C@@H](Oc1ccc(Cl)cc1Cl)C(=O)[O-].[NH4+]. The van der Waals surface area contributed by atoms with E-state index in [4.69, 9.17) is 27.9 Å². The molecule has 0 bridgehead atoms. The van der Waals surface area contributed by atoms with Crippen molar-refractivity contribution >= 4 is 29.2 Å². The van der Waals surface area contributed by atoms with Crippen LogP contribution in [0, 0.1) is 0 Å². The summed E-state index contributed by atoms with van der Waals surface area (Å²) in [6, 6.07) is 4.54. The van der Waals surface area contributed by atoms with Crippen LogP contribution in [0.5, 0.6) is 5.75 Å². The van der Waals surface area contributed by atoms with E-state index in [0.717, 1.165) is 0 Å². The molecule has 0 aromatic heterocycles. The predicted molar refractivity (Wildman–Crippen MR) is 57.5 cm³/mol. The topological polar surface area (TPSA) is 85.9 Å². The quantitative estimate of drug-likeness (QED) is 0.890. The lowest BCUT2D eigenvalue weighted by atomic mass is 10.3. The molecule has 4 nitrogen and oxygen atoms in total. The molecule has 1 rings (SSSR count). The van der Waals surface area contributed by atoms with Crippen LogP contribution in [0.3, 0.4) is 0 Å². The van der Waals surface area contributed by atoms with Gasteiger partial charge in [-0.25, -0.2) is 0 Å². The molecule has 1 atom stereocenters. The van der Waals surface area contributed by atoms with Crippen LogP contribution in [-0.2, 0) is 4.79 Å². The Hall–Kier alpha value is -0.970. The minimum absolute atomic E-state index is 0. The molecular formula is C9H11Cl2NO3. The fourth-order valence-corrected chi connectivity index (χ4v) is 1.26. The highest BCUT2D eigenvalue weighted by Crippen LogP contribution is 2.28. The second-order valence-electron chi connectivity index (χ2n) is 2.65. The zero-order valence-corrected chi connectivity index (χ0v) is 9.80. The van der Waals surface area contributed by atoms with Crippen LogP contribution in [0.15, 0.2) is 18.2 Å². The van der Waals surface area contributed by atoms with Gasteiger partial charge in [-0.2, -0.15) is 0 Å². The molecule has 1 aromatic rings. The number of benzene rings is 1. The maximum absolute atomic E-state index is 10.4. The van der Waals surface area contributed by atoms with Gasteiger partial charge in [0, 0.05) is 5.02 Å². The molecule has 15 heavy (non-hydrogen) atoms. The Morgan fingerprint density at radius 3 is 2.53 bits per heavy atom. The summed E-state index contributed by atoms with van der Waals surface area (Å²) in [7, 11) is 0. The van der Waals surface area contributed by atoms with E-state index in [1.54, 1.807) is 6.07 Å². The maximum Gasteiger partial charge on any atom is 0.138 e. The zero-order valence-electron chi connectivity index (χ0n) is 8.29. The third-order valence-electron chi connectivity index (χ3n) is 1.53. The monoisotopic (exact) mass is 251 g/mol. The molecule has 0 amide bonds. The van der Waals surface area contributed by atoms with Crippen molar-refractivity contribution in [3.63, 3.8) is 0 Å². The number of hydrogen-bond acceptors (Lipinski definition) is 3. The van der Waals surface area contributed by atoms with Crippen LogP contribution in [-0.4, -0.2) is 12.1 Å². The van der Waals surface area contributed by atoms with Gasteiger partial charge in [-0.05, 0) is 25.1 Å². The molecule has 0 radical (unpaired) electrons. The third kappa shape index (κ3) is 3.95. The molecule has 4 N–H and O–H groups in total. The average molecular weight is 252 g/mol. The first kappa shape index (κ1) is 14.0. The van der Waals surface area contributed by atoms with Crippen molar-refractivity contribution < 1.29 is 14.6 Å². The van der Waals surface area contributed by atoms with Gasteiger partial charge < -0.3 is 20.8 Å². The minimum atomic E-state index is -1.30. The lowest BCUT2D eigenvalue weighted by molar-refractivity contribution is -0.312. The molecule has 0 saturated heterocycles. The zero-order chi connectivity index (χ0) is 10.7. The summed E-state index contributed by atoms with van der Waals surface area (Å²) in [5.41, 5.74) is 0. The van der Waals surface area contributed by atoms with Gasteiger partial charge in [-0.15, -0.1) is 0 Å². The summed E-state index contributed by atoms with van der Waals surface area (Å²) in [5.74, 6) is -1.02. The highest BCUT2D eigenvalue weighted by atomic mass is 35.5. The number of halogens is 2. The molecule has 0 fully saturated rings. The molecule has 0 unspecified atom stereocenters. The highest BCUT2D eigenvalue weighted by molar-refractivity contribution is 6.35. The Bertz CT molecular complexity index is 357. The van der Waals surface area contributed by atoms with Crippen molar-refractivity contribution in [1.82, 2.24) is 6.15 Å². The molecule has 84 valence electrons. The van der Waals surface area contributed by atoms with E-state index in [1.165, 1.54) is 19.1 Å². The van der Waals surface area contributed by atoms with E-state index in [0.29, 0.717) is 5.02 Å². The van der Waals surface area contributed by atoms with Crippen LogP contribution in [0.25, 0.3) is 0 Å². The number of rotatable bonds is 3. The fraction of sp³-hybridized carbons (Fsp3) is 0.222. The molecule has 0 spiro atoms. The fourth-order valence-electron chi connectivity index (χ4n) is 0.809. The van der Waals surface area contributed by atoms with Gasteiger partial charge in [0.15, 0.2) is 0 Å². The van der Waals surface area contributed by atoms with Gasteiger partial charge in [0.05, 0.1) is 11.0 Å². The van der Waals surface area contributed by atoms with E-state index in [1.807, 2.05) is 0 Å². The van der Waals surface area contributed by atoms with Gasteiger partial charge in [0.2, 0.25) is 0 Å². The first-order chi connectivity index (χ1) is 6.50. The summed E-state index contributed by atoms with van der Waals surface area (Å²) >= 11 is 11.4.